The molecule has 0 saturated heterocycles. The number of hydrogen-bond acceptors (Lipinski definition) is 3. The molecule has 114 valence electrons. The second kappa shape index (κ2) is 7.13. The summed E-state index contributed by atoms with van der Waals surface area (Å²) in [6.45, 7) is 7.60. The Bertz CT molecular complexity index is 612. The van der Waals surface area contributed by atoms with Crippen LogP contribution in [0.3, 0.4) is 0 Å². The van der Waals surface area contributed by atoms with Crippen molar-refractivity contribution >= 4 is 15.9 Å². The van der Waals surface area contributed by atoms with E-state index in [4.69, 9.17) is 0 Å². The molecule has 0 radical (unpaired) electrons. The SMILES string of the molecule is CCNC(Cc1c(Br)c(C)nn1CC)c1ccncc1F. The van der Waals surface area contributed by atoms with Crippen LogP contribution in [-0.2, 0) is 13.0 Å². The van der Waals surface area contributed by atoms with Crippen LogP contribution < -0.4 is 5.32 Å². The van der Waals surface area contributed by atoms with Crippen molar-refractivity contribution in [3.05, 3.63) is 45.7 Å². The Balaban J connectivity index is 2.35. The summed E-state index contributed by atoms with van der Waals surface area (Å²) >= 11 is 3.60. The average molecular weight is 355 g/mol. The van der Waals surface area contributed by atoms with E-state index in [1.165, 1.54) is 6.20 Å². The molecule has 0 aliphatic heterocycles. The first-order chi connectivity index (χ1) is 10.1. The maximum Gasteiger partial charge on any atom is 0.146 e. The zero-order valence-electron chi connectivity index (χ0n) is 12.5. The highest BCUT2D eigenvalue weighted by atomic mass is 79.9. The third-order valence-electron chi connectivity index (χ3n) is 3.48. The third kappa shape index (κ3) is 3.49. The van der Waals surface area contributed by atoms with Crippen molar-refractivity contribution in [1.82, 2.24) is 20.1 Å². The molecule has 2 aromatic heterocycles. The molecule has 0 saturated carbocycles. The van der Waals surface area contributed by atoms with Crippen LogP contribution in [0.1, 0.15) is 36.8 Å². The maximum atomic E-state index is 14.0. The summed E-state index contributed by atoms with van der Waals surface area (Å²) < 4.78 is 17.0. The van der Waals surface area contributed by atoms with Crippen molar-refractivity contribution in [3.8, 4) is 0 Å². The van der Waals surface area contributed by atoms with Crippen molar-refractivity contribution in [2.45, 2.75) is 39.8 Å². The summed E-state index contributed by atoms with van der Waals surface area (Å²) in [5.41, 5.74) is 2.68. The van der Waals surface area contributed by atoms with Gasteiger partial charge in [0.1, 0.15) is 5.82 Å². The highest BCUT2D eigenvalue weighted by molar-refractivity contribution is 9.10. The molecule has 1 unspecified atom stereocenters. The molecular formula is C15H20BrFN4. The Morgan fingerprint density at radius 3 is 2.81 bits per heavy atom. The minimum atomic E-state index is -0.279. The van der Waals surface area contributed by atoms with Crippen LogP contribution in [-0.4, -0.2) is 21.3 Å². The number of likely N-dealkylation sites (N-methyl/N-ethyl adjacent to an activating group) is 1. The van der Waals surface area contributed by atoms with Crippen molar-refractivity contribution in [2.24, 2.45) is 0 Å². The zero-order chi connectivity index (χ0) is 15.4. The first kappa shape index (κ1) is 16.1. The lowest BCUT2D eigenvalue weighted by molar-refractivity contribution is 0.487. The molecule has 2 rings (SSSR count). The van der Waals surface area contributed by atoms with Gasteiger partial charge in [0, 0.05) is 30.8 Å². The number of hydrogen-bond donors (Lipinski definition) is 1. The van der Waals surface area contributed by atoms with E-state index in [0.29, 0.717) is 12.0 Å². The van der Waals surface area contributed by atoms with Crippen LogP contribution in [0.15, 0.2) is 22.9 Å². The summed E-state index contributed by atoms with van der Waals surface area (Å²) in [6, 6.07) is 1.63. The van der Waals surface area contributed by atoms with Crippen LogP contribution in [0, 0.1) is 12.7 Å². The summed E-state index contributed by atoms with van der Waals surface area (Å²) in [5.74, 6) is -0.279. The molecular weight excluding hydrogens is 335 g/mol. The number of pyridine rings is 1. The molecule has 21 heavy (non-hydrogen) atoms. The van der Waals surface area contributed by atoms with Gasteiger partial charge in [0.2, 0.25) is 0 Å². The van der Waals surface area contributed by atoms with E-state index < -0.39 is 0 Å². The quantitative estimate of drug-likeness (QED) is 0.864. The van der Waals surface area contributed by atoms with E-state index in [1.54, 1.807) is 12.3 Å². The van der Waals surface area contributed by atoms with Gasteiger partial charge < -0.3 is 5.32 Å². The van der Waals surface area contributed by atoms with Crippen LogP contribution in [0.25, 0.3) is 0 Å². The van der Waals surface area contributed by atoms with E-state index in [9.17, 15) is 4.39 Å². The maximum absolute atomic E-state index is 14.0. The largest absolute Gasteiger partial charge is 0.310 e. The van der Waals surface area contributed by atoms with Gasteiger partial charge in [-0.05, 0) is 42.4 Å². The van der Waals surface area contributed by atoms with Crippen molar-refractivity contribution in [3.63, 3.8) is 0 Å². The molecule has 1 atom stereocenters. The number of aromatic nitrogens is 3. The summed E-state index contributed by atoms with van der Waals surface area (Å²) in [7, 11) is 0. The average Bonchev–Trinajstić information content (AvgIpc) is 2.75. The summed E-state index contributed by atoms with van der Waals surface area (Å²) in [4.78, 5) is 3.82. The van der Waals surface area contributed by atoms with E-state index in [1.807, 2.05) is 18.5 Å². The molecule has 1 N–H and O–H groups in total. The molecule has 4 nitrogen and oxygen atoms in total. The Hall–Kier alpha value is -1.27. The Labute approximate surface area is 132 Å². The van der Waals surface area contributed by atoms with Crippen LogP contribution in [0.5, 0.6) is 0 Å². The number of halogens is 2. The van der Waals surface area contributed by atoms with Gasteiger partial charge in [-0.25, -0.2) is 4.39 Å². The molecule has 0 bridgehead atoms. The molecule has 2 heterocycles. The molecule has 0 aliphatic carbocycles. The Morgan fingerprint density at radius 2 is 2.19 bits per heavy atom. The highest BCUT2D eigenvalue weighted by Gasteiger charge is 2.20. The molecule has 0 aliphatic rings. The highest BCUT2D eigenvalue weighted by Crippen LogP contribution is 2.27. The van der Waals surface area contributed by atoms with Gasteiger partial charge in [0.05, 0.1) is 22.1 Å². The molecule has 0 aromatic carbocycles. The summed E-state index contributed by atoms with van der Waals surface area (Å²) in [6.07, 6.45) is 3.56. The lowest BCUT2D eigenvalue weighted by atomic mass is 10.0. The van der Waals surface area contributed by atoms with Gasteiger partial charge in [-0.1, -0.05) is 6.92 Å². The van der Waals surface area contributed by atoms with Gasteiger partial charge in [0.25, 0.3) is 0 Å². The van der Waals surface area contributed by atoms with Gasteiger partial charge in [-0.3, -0.25) is 9.67 Å². The van der Waals surface area contributed by atoms with Crippen LogP contribution in [0.2, 0.25) is 0 Å². The standard InChI is InChI=1S/C15H20BrFN4/c1-4-19-13(11-6-7-18-9-12(11)17)8-14-15(16)10(3)20-21(14)5-2/h6-7,9,13,19H,4-5,8H2,1-3H3. The van der Waals surface area contributed by atoms with Gasteiger partial charge in [0.15, 0.2) is 0 Å². The lowest BCUT2D eigenvalue weighted by Gasteiger charge is -2.19. The van der Waals surface area contributed by atoms with Crippen molar-refractivity contribution in [1.29, 1.82) is 0 Å². The Kier molecular flexibility index (Phi) is 5.47. The van der Waals surface area contributed by atoms with Crippen LogP contribution in [0.4, 0.5) is 4.39 Å². The van der Waals surface area contributed by atoms with Gasteiger partial charge >= 0.3 is 0 Å². The minimum Gasteiger partial charge on any atom is -0.310 e. The molecule has 6 heteroatoms. The first-order valence-corrected chi connectivity index (χ1v) is 7.92. The first-order valence-electron chi connectivity index (χ1n) is 7.13. The minimum absolute atomic E-state index is 0.101. The number of rotatable bonds is 6. The molecule has 2 aromatic rings. The number of nitrogens with one attached hydrogen (secondary N) is 1. The predicted octanol–water partition coefficient (Wildman–Crippen LogP) is 3.40. The topological polar surface area (TPSA) is 42.7 Å². The smallest absolute Gasteiger partial charge is 0.146 e. The van der Waals surface area contributed by atoms with Crippen molar-refractivity contribution < 1.29 is 4.39 Å². The normalized spacial score (nSPS) is 12.6. The molecule has 0 fully saturated rings. The monoisotopic (exact) mass is 354 g/mol. The lowest BCUT2D eigenvalue weighted by Crippen LogP contribution is -2.25. The molecule has 0 spiro atoms. The van der Waals surface area contributed by atoms with Crippen molar-refractivity contribution in [2.75, 3.05) is 6.54 Å². The fraction of sp³-hybridized carbons (Fsp3) is 0.467. The number of nitrogens with zero attached hydrogens (tertiary/aromatic N) is 3. The third-order valence-corrected chi connectivity index (χ3v) is 4.51. The van der Waals surface area contributed by atoms with E-state index >= 15 is 0 Å². The second-order valence-corrected chi connectivity index (χ2v) is 5.67. The van der Waals surface area contributed by atoms with Gasteiger partial charge in [-0.15, -0.1) is 0 Å². The Morgan fingerprint density at radius 1 is 1.43 bits per heavy atom. The zero-order valence-corrected chi connectivity index (χ0v) is 14.1. The van der Waals surface area contributed by atoms with E-state index in [2.05, 4.69) is 38.3 Å². The fourth-order valence-electron chi connectivity index (χ4n) is 2.46. The van der Waals surface area contributed by atoms with Gasteiger partial charge in [-0.2, -0.15) is 5.10 Å². The predicted molar refractivity (Wildman–Crippen MR) is 84.7 cm³/mol. The van der Waals surface area contributed by atoms with E-state index in [-0.39, 0.29) is 11.9 Å². The number of aryl methyl sites for hydroxylation is 2. The molecule has 0 amide bonds. The van der Waals surface area contributed by atoms with Crippen LogP contribution >= 0.6 is 15.9 Å². The summed E-state index contributed by atoms with van der Waals surface area (Å²) in [5, 5.41) is 7.84. The van der Waals surface area contributed by atoms with E-state index in [0.717, 1.165) is 29.0 Å². The fourth-order valence-corrected chi connectivity index (χ4v) is 2.91. The second-order valence-electron chi connectivity index (χ2n) is 4.87.